The van der Waals surface area contributed by atoms with E-state index in [-0.39, 0.29) is 6.61 Å². The number of hydrazine groups is 1. The number of rotatable bonds is 7. The molecule has 9 heteroatoms. The van der Waals surface area contributed by atoms with Gasteiger partial charge in [0.05, 0.1) is 12.7 Å². The van der Waals surface area contributed by atoms with Gasteiger partial charge in [0.15, 0.2) is 0 Å². The minimum absolute atomic E-state index is 0.249. The number of nitrogen functional groups attached to an aromatic ring is 1. The molecule has 2 heterocycles. The molecule has 2 rings (SSSR count). The number of nitrogens with one attached hydrogen (secondary N) is 2. The van der Waals surface area contributed by atoms with Crippen LogP contribution < -0.4 is 21.5 Å². The van der Waals surface area contributed by atoms with Gasteiger partial charge in [0.1, 0.15) is 0 Å². The van der Waals surface area contributed by atoms with Gasteiger partial charge < -0.3 is 20.1 Å². The van der Waals surface area contributed by atoms with Crippen LogP contribution in [0.5, 0.6) is 0 Å². The van der Waals surface area contributed by atoms with Crippen LogP contribution in [-0.2, 0) is 4.74 Å². The average molecular weight is 297 g/mol. The van der Waals surface area contributed by atoms with Gasteiger partial charge in [-0.25, -0.2) is 5.84 Å². The third kappa shape index (κ3) is 4.66. The van der Waals surface area contributed by atoms with Crippen LogP contribution in [-0.4, -0.2) is 59.5 Å². The van der Waals surface area contributed by atoms with Gasteiger partial charge in [-0.15, -0.1) is 0 Å². The zero-order chi connectivity index (χ0) is 15.1. The van der Waals surface area contributed by atoms with Crippen molar-refractivity contribution in [2.24, 2.45) is 5.84 Å². The zero-order valence-electron chi connectivity index (χ0n) is 12.2. The number of methoxy groups -OCH3 is 1. The first-order valence-electron chi connectivity index (χ1n) is 7.11. The van der Waals surface area contributed by atoms with Crippen LogP contribution in [0.25, 0.3) is 0 Å². The van der Waals surface area contributed by atoms with Crippen LogP contribution in [0.2, 0.25) is 0 Å². The van der Waals surface area contributed by atoms with E-state index in [4.69, 9.17) is 10.6 Å². The van der Waals surface area contributed by atoms with E-state index in [2.05, 4.69) is 30.6 Å². The topological polar surface area (TPSA) is 121 Å². The van der Waals surface area contributed by atoms with Crippen LogP contribution in [0.15, 0.2) is 0 Å². The van der Waals surface area contributed by atoms with E-state index in [0.717, 1.165) is 25.9 Å². The molecule has 0 amide bonds. The number of aliphatic hydroxyl groups is 1. The summed E-state index contributed by atoms with van der Waals surface area (Å²) in [6.07, 6.45) is 2.87. The Bertz CT molecular complexity index is 440. The fourth-order valence-electron chi connectivity index (χ4n) is 2.20. The summed E-state index contributed by atoms with van der Waals surface area (Å²) in [5.41, 5.74) is 2.44. The van der Waals surface area contributed by atoms with Gasteiger partial charge in [0.25, 0.3) is 0 Å². The Hall–Kier alpha value is -1.71. The molecule has 0 aromatic carbocycles. The molecule has 1 aliphatic rings. The molecule has 118 valence electrons. The molecule has 5 N–H and O–H groups in total. The van der Waals surface area contributed by atoms with Crippen molar-refractivity contribution >= 4 is 17.8 Å². The second-order valence-corrected chi connectivity index (χ2v) is 4.96. The molecule has 1 unspecified atom stereocenters. The van der Waals surface area contributed by atoms with E-state index < -0.39 is 6.10 Å². The Labute approximate surface area is 123 Å². The van der Waals surface area contributed by atoms with Crippen LogP contribution in [0, 0.1) is 0 Å². The van der Waals surface area contributed by atoms with E-state index in [9.17, 15) is 5.11 Å². The number of aliphatic hydroxyl groups excluding tert-OH is 1. The highest BCUT2D eigenvalue weighted by Gasteiger charge is 2.16. The van der Waals surface area contributed by atoms with Gasteiger partial charge in [-0.3, -0.25) is 5.43 Å². The second kappa shape index (κ2) is 7.91. The SMILES string of the molecule is COCC(O)CNc1nc(NN)nc(N2CCCCC2)n1. The predicted octanol–water partition coefficient (Wildman–Crippen LogP) is -0.433. The number of nitrogens with zero attached hydrogens (tertiary/aromatic N) is 4. The molecular weight excluding hydrogens is 274 g/mol. The summed E-state index contributed by atoms with van der Waals surface area (Å²) in [7, 11) is 1.54. The van der Waals surface area contributed by atoms with Crippen molar-refractivity contribution in [3.05, 3.63) is 0 Å². The molecule has 1 fully saturated rings. The summed E-state index contributed by atoms with van der Waals surface area (Å²) >= 11 is 0. The molecule has 1 aromatic rings. The monoisotopic (exact) mass is 297 g/mol. The van der Waals surface area contributed by atoms with Crippen LogP contribution in [0.4, 0.5) is 17.8 Å². The van der Waals surface area contributed by atoms with Gasteiger partial charge >= 0.3 is 0 Å². The third-order valence-corrected chi connectivity index (χ3v) is 3.25. The number of piperidine rings is 1. The van der Waals surface area contributed by atoms with E-state index in [1.807, 2.05) is 0 Å². The van der Waals surface area contributed by atoms with Gasteiger partial charge in [-0.1, -0.05) is 0 Å². The molecule has 0 spiro atoms. The van der Waals surface area contributed by atoms with Gasteiger partial charge in [0.2, 0.25) is 17.8 Å². The van der Waals surface area contributed by atoms with E-state index in [1.54, 1.807) is 0 Å². The molecule has 1 aromatic heterocycles. The Morgan fingerprint density at radius 1 is 1.24 bits per heavy atom. The minimum Gasteiger partial charge on any atom is -0.389 e. The van der Waals surface area contributed by atoms with Crippen molar-refractivity contribution < 1.29 is 9.84 Å². The summed E-state index contributed by atoms with van der Waals surface area (Å²) in [5, 5.41) is 12.6. The quantitative estimate of drug-likeness (QED) is 0.392. The van der Waals surface area contributed by atoms with Crippen molar-refractivity contribution in [2.45, 2.75) is 25.4 Å². The number of hydrogen-bond acceptors (Lipinski definition) is 9. The van der Waals surface area contributed by atoms with Crippen LogP contribution in [0.1, 0.15) is 19.3 Å². The fourth-order valence-corrected chi connectivity index (χ4v) is 2.20. The van der Waals surface area contributed by atoms with Crippen LogP contribution in [0.3, 0.4) is 0 Å². The molecule has 1 aliphatic heterocycles. The molecule has 0 bridgehead atoms. The molecule has 0 saturated carbocycles. The molecule has 1 atom stereocenters. The number of anilines is 3. The lowest BCUT2D eigenvalue weighted by Gasteiger charge is -2.27. The fraction of sp³-hybridized carbons (Fsp3) is 0.750. The number of ether oxygens (including phenoxy) is 1. The molecule has 1 saturated heterocycles. The normalized spacial score (nSPS) is 16.6. The highest BCUT2D eigenvalue weighted by molar-refractivity contribution is 5.43. The minimum atomic E-state index is -0.625. The highest BCUT2D eigenvalue weighted by atomic mass is 16.5. The van der Waals surface area contributed by atoms with Crippen molar-refractivity contribution in [3.8, 4) is 0 Å². The lowest BCUT2D eigenvalue weighted by molar-refractivity contribution is 0.0726. The third-order valence-electron chi connectivity index (χ3n) is 3.25. The smallest absolute Gasteiger partial charge is 0.243 e. The lowest BCUT2D eigenvalue weighted by Crippen LogP contribution is -2.32. The van der Waals surface area contributed by atoms with E-state index in [0.29, 0.717) is 24.4 Å². The predicted molar refractivity (Wildman–Crippen MR) is 80.1 cm³/mol. The Balaban J connectivity index is 2.05. The molecule has 21 heavy (non-hydrogen) atoms. The Morgan fingerprint density at radius 3 is 2.62 bits per heavy atom. The number of hydrogen-bond donors (Lipinski definition) is 4. The summed E-state index contributed by atoms with van der Waals surface area (Å²) in [6, 6.07) is 0. The van der Waals surface area contributed by atoms with Crippen molar-refractivity contribution in [2.75, 3.05) is 49.0 Å². The molecular formula is C12H23N7O2. The standard InChI is InChI=1S/C12H23N7O2/c1-21-8-9(20)7-14-10-15-11(18-13)17-12(16-10)19-5-3-2-4-6-19/h9,20H,2-8,13H2,1H3,(H2,14,15,16,17,18). The highest BCUT2D eigenvalue weighted by Crippen LogP contribution is 2.18. The summed E-state index contributed by atoms with van der Waals surface area (Å²) in [4.78, 5) is 14.9. The molecule has 0 radical (unpaired) electrons. The number of nitrogens with two attached hydrogens (primary N) is 1. The first-order chi connectivity index (χ1) is 10.2. The first-order valence-corrected chi connectivity index (χ1v) is 7.11. The van der Waals surface area contributed by atoms with Gasteiger partial charge in [0, 0.05) is 26.7 Å². The molecule has 9 nitrogen and oxygen atoms in total. The first kappa shape index (κ1) is 15.7. The Kier molecular flexibility index (Phi) is 5.90. The summed E-state index contributed by atoms with van der Waals surface area (Å²) < 4.78 is 4.87. The zero-order valence-corrected chi connectivity index (χ0v) is 12.2. The summed E-state index contributed by atoms with van der Waals surface area (Å²) in [6.45, 7) is 2.40. The van der Waals surface area contributed by atoms with Gasteiger partial charge in [-0.2, -0.15) is 15.0 Å². The maximum atomic E-state index is 9.65. The summed E-state index contributed by atoms with van der Waals surface area (Å²) in [5.74, 6) is 6.68. The van der Waals surface area contributed by atoms with Crippen molar-refractivity contribution in [3.63, 3.8) is 0 Å². The maximum absolute atomic E-state index is 9.65. The maximum Gasteiger partial charge on any atom is 0.243 e. The number of aromatic nitrogens is 3. The van der Waals surface area contributed by atoms with Gasteiger partial charge in [-0.05, 0) is 19.3 Å². The lowest BCUT2D eigenvalue weighted by atomic mass is 10.1. The van der Waals surface area contributed by atoms with Crippen molar-refractivity contribution in [1.82, 2.24) is 15.0 Å². The average Bonchev–Trinajstić information content (AvgIpc) is 2.54. The Morgan fingerprint density at radius 2 is 1.95 bits per heavy atom. The van der Waals surface area contributed by atoms with Crippen LogP contribution >= 0.6 is 0 Å². The van der Waals surface area contributed by atoms with E-state index >= 15 is 0 Å². The largest absolute Gasteiger partial charge is 0.389 e. The van der Waals surface area contributed by atoms with E-state index in [1.165, 1.54) is 13.5 Å². The van der Waals surface area contributed by atoms with Crippen molar-refractivity contribution in [1.29, 1.82) is 0 Å². The second-order valence-electron chi connectivity index (χ2n) is 4.96. The molecule has 0 aliphatic carbocycles.